The Labute approximate surface area is 136 Å². The van der Waals surface area contributed by atoms with Crippen molar-refractivity contribution in [2.24, 2.45) is 0 Å². The van der Waals surface area contributed by atoms with Gasteiger partial charge in [0, 0.05) is 0 Å². The summed E-state index contributed by atoms with van der Waals surface area (Å²) in [5.41, 5.74) is -0.806. The van der Waals surface area contributed by atoms with Crippen molar-refractivity contribution in [3.8, 4) is 6.07 Å². The number of nitrogens with zero attached hydrogens (tertiary/aromatic N) is 1. The zero-order valence-electron chi connectivity index (χ0n) is 10.6. The lowest BCUT2D eigenvalue weighted by atomic mass is 9.92. The fraction of sp³-hybridized carbons (Fsp3) is 0.538. The summed E-state index contributed by atoms with van der Waals surface area (Å²) in [6, 6.07) is 2.26. The monoisotopic (exact) mass is 350 g/mol. The van der Waals surface area contributed by atoms with Crippen molar-refractivity contribution >= 4 is 52.0 Å². The third-order valence-electron chi connectivity index (χ3n) is 3.49. The van der Waals surface area contributed by atoms with E-state index in [0.717, 1.165) is 37.0 Å². The Morgan fingerprint density at radius 3 is 2.20 bits per heavy atom. The molecule has 0 saturated heterocycles. The Kier molecular flexibility index (Phi) is 5.19. The molecule has 1 fully saturated rings. The number of carbonyl (C=O) groups is 1. The zero-order chi connectivity index (χ0) is 14.8. The SMILES string of the molecule is N#CC1(NC(=O)c2sc(Cl)c(Cl)c2Cl)CCCCCC1. The van der Waals surface area contributed by atoms with E-state index in [-0.39, 0.29) is 25.2 Å². The first-order chi connectivity index (χ1) is 9.49. The van der Waals surface area contributed by atoms with Crippen LogP contribution in [0.4, 0.5) is 0 Å². The van der Waals surface area contributed by atoms with E-state index < -0.39 is 5.54 Å². The molecule has 1 heterocycles. The van der Waals surface area contributed by atoms with Crippen molar-refractivity contribution in [2.75, 3.05) is 0 Å². The minimum Gasteiger partial charge on any atom is -0.333 e. The highest BCUT2D eigenvalue weighted by molar-refractivity contribution is 7.19. The quantitative estimate of drug-likeness (QED) is 0.758. The second-order valence-corrected chi connectivity index (χ2v) is 7.27. The van der Waals surface area contributed by atoms with Crippen LogP contribution in [0.25, 0.3) is 0 Å². The fourth-order valence-corrected chi connectivity index (χ4v) is 4.08. The van der Waals surface area contributed by atoms with Gasteiger partial charge in [0.1, 0.15) is 14.8 Å². The Bertz CT molecular complexity index is 557. The third-order valence-corrected chi connectivity index (χ3v) is 6.06. The molecule has 0 aliphatic heterocycles. The van der Waals surface area contributed by atoms with E-state index >= 15 is 0 Å². The Balaban J connectivity index is 2.21. The van der Waals surface area contributed by atoms with Crippen LogP contribution in [0.3, 0.4) is 0 Å². The number of nitrogens with one attached hydrogen (secondary N) is 1. The summed E-state index contributed by atoms with van der Waals surface area (Å²) in [4.78, 5) is 12.6. The van der Waals surface area contributed by atoms with E-state index in [2.05, 4.69) is 11.4 Å². The standard InChI is InChI=1S/C13H13Cl3N2OS/c14-8-9(15)11(16)20-10(8)12(19)18-13(7-17)5-3-1-2-4-6-13/h1-6H2,(H,18,19). The summed E-state index contributed by atoms with van der Waals surface area (Å²) >= 11 is 18.8. The molecule has 1 aromatic heterocycles. The molecular weight excluding hydrogens is 339 g/mol. The van der Waals surface area contributed by atoms with Crippen molar-refractivity contribution in [3.63, 3.8) is 0 Å². The van der Waals surface area contributed by atoms with Crippen LogP contribution in [0.2, 0.25) is 14.4 Å². The Morgan fingerprint density at radius 1 is 1.15 bits per heavy atom. The lowest BCUT2D eigenvalue weighted by Crippen LogP contribution is -2.46. The van der Waals surface area contributed by atoms with Gasteiger partial charge in [-0.3, -0.25) is 4.79 Å². The number of amides is 1. The van der Waals surface area contributed by atoms with Crippen LogP contribution in [-0.4, -0.2) is 11.4 Å². The molecular formula is C13H13Cl3N2OS. The normalized spacial score (nSPS) is 18.1. The van der Waals surface area contributed by atoms with Gasteiger partial charge < -0.3 is 5.32 Å². The van der Waals surface area contributed by atoms with Gasteiger partial charge in [0.15, 0.2) is 0 Å². The van der Waals surface area contributed by atoms with E-state index in [0.29, 0.717) is 12.8 Å². The van der Waals surface area contributed by atoms with Gasteiger partial charge in [-0.15, -0.1) is 11.3 Å². The molecule has 0 atom stereocenters. The van der Waals surface area contributed by atoms with Gasteiger partial charge in [0.2, 0.25) is 0 Å². The minimum atomic E-state index is -0.806. The van der Waals surface area contributed by atoms with Crippen LogP contribution in [0.5, 0.6) is 0 Å². The van der Waals surface area contributed by atoms with E-state index in [1.54, 1.807) is 0 Å². The molecule has 0 bridgehead atoms. The smallest absolute Gasteiger partial charge is 0.264 e. The molecule has 2 rings (SSSR count). The second kappa shape index (κ2) is 6.53. The van der Waals surface area contributed by atoms with E-state index in [4.69, 9.17) is 34.8 Å². The molecule has 3 nitrogen and oxygen atoms in total. The topological polar surface area (TPSA) is 52.9 Å². The number of thiophene rings is 1. The van der Waals surface area contributed by atoms with Crippen LogP contribution in [0.15, 0.2) is 0 Å². The second-order valence-electron chi connectivity index (χ2n) is 4.90. The van der Waals surface area contributed by atoms with Gasteiger partial charge in [-0.2, -0.15) is 5.26 Å². The molecule has 0 radical (unpaired) electrons. The lowest BCUT2D eigenvalue weighted by Gasteiger charge is -2.26. The summed E-state index contributed by atoms with van der Waals surface area (Å²) in [7, 11) is 0. The first-order valence-corrected chi connectivity index (χ1v) is 8.31. The van der Waals surface area contributed by atoms with Gasteiger partial charge in [-0.25, -0.2) is 0 Å². The summed E-state index contributed by atoms with van der Waals surface area (Å²) < 4.78 is 0.286. The highest BCUT2D eigenvalue weighted by Gasteiger charge is 2.34. The third kappa shape index (κ3) is 3.23. The maximum Gasteiger partial charge on any atom is 0.264 e. The minimum absolute atomic E-state index is 0.154. The van der Waals surface area contributed by atoms with Gasteiger partial charge in [-0.1, -0.05) is 60.5 Å². The number of halogens is 3. The summed E-state index contributed by atoms with van der Waals surface area (Å²) in [5.74, 6) is -0.378. The van der Waals surface area contributed by atoms with Crippen LogP contribution in [0, 0.1) is 11.3 Å². The van der Waals surface area contributed by atoms with Crippen LogP contribution in [0.1, 0.15) is 48.2 Å². The molecule has 1 aliphatic rings. The van der Waals surface area contributed by atoms with Gasteiger partial charge in [0.25, 0.3) is 5.91 Å². The lowest BCUT2D eigenvalue weighted by molar-refractivity contribution is 0.0917. The first-order valence-electron chi connectivity index (χ1n) is 6.36. The summed E-state index contributed by atoms with van der Waals surface area (Å²) in [6.07, 6.45) is 5.40. The van der Waals surface area contributed by atoms with Gasteiger partial charge in [0.05, 0.1) is 16.1 Å². The molecule has 1 saturated carbocycles. The summed E-state index contributed by atoms with van der Waals surface area (Å²) in [6.45, 7) is 0. The molecule has 20 heavy (non-hydrogen) atoms. The number of hydrogen-bond acceptors (Lipinski definition) is 3. The highest BCUT2D eigenvalue weighted by Crippen LogP contribution is 2.40. The van der Waals surface area contributed by atoms with E-state index in [9.17, 15) is 10.1 Å². The van der Waals surface area contributed by atoms with E-state index in [1.165, 1.54) is 0 Å². The predicted octanol–water partition coefficient (Wildman–Crippen LogP) is 5.05. The average molecular weight is 352 g/mol. The number of carbonyl (C=O) groups excluding carboxylic acids is 1. The molecule has 1 N–H and O–H groups in total. The van der Waals surface area contributed by atoms with Crippen molar-refractivity contribution in [2.45, 2.75) is 44.1 Å². The molecule has 7 heteroatoms. The molecule has 1 amide bonds. The van der Waals surface area contributed by atoms with Crippen molar-refractivity contribution < 1.29 is 4.79 Å². The predicted molar refractivity (Wildman–Crippen MR) is 82.9 cm³/mol. The van der Waals surface area contributed by atoms with E-state index in [1.807, 2.05) is 0 Å². The molecule has 108 valence electrons. The maximum absolute atomic E-state index is 12.3. The van der Waals surface area contributed by atoms with Crippen LogP contribution in [-0.2, 0) is 0 Å². The Hall–Kier alpha value is -0.470. The Morgan fingerprint density at radius 2 is 1.75 bits per heavy atom. The zero-order valence-corrected chi connectivity index (χ0v) is 13.7. The van der Waals surface area contributed by atoms with Gasteiger partial charge in [-0.05, 0) is 12.8 Å². The van der Waals surface area contributed by atoms with Crippen molar-refractivity contribution in [1.82, 2.24) is 5.32 Å². The fourth-order valence-electron chi connectivity index (χ4n) is 2.38. The van der Waals surface area contributed by atoms with Crippen molar-refractivity contribution in [3.05, 3.63) is 19.3 Å². The van der Waals surface area contributed by atoms with Crippen LogP contribution < -0.4 is 5.32 Å². The maximum atomic E-state index is 12.3. The number of rotatable bonds is 2. The molecule has 0 unspecified atom stereocenters. The number of hydrogen-bond donors (Lipinski definition) is 1. The van der Waals surface area contributed by atoms with Crippen molar-refractivity contribution in [1.29, 1.82) is 5.26 Å². The number of nitriles is 1. The largest absolute Gasteiger partial charge is 0.333 e. The first kappa shape index (κ1) is 15.9. The van der Waals surface area contributed by atoms with Gasteiger partial charge >= 0.3 is 0 Å². The average Bonchev–Trinajstić information content (AvgIpc) is 2.64. The highest BCUT2D eigenvalue weighted by atomic mass is 35.5. The van der Waals surface area contributed by atoms with Crippen LogP contribution >= 0.6 is 46.1 Å². The summed E-state index contributed by atoms with van der Waals surface area (Å²) in [5, 5.41) is 12.6. The molecule has 1 aliphatic carbocycles. The molecule has 0 spiro atoms. The molecule has 0 aromatic carbocycles. The molecule has 1 aromatic rings.